The summed E-state index contributed by atoms with van der Waals surface area (Å²) >= 11 is 0. The molecular weight excluding hydrogens is 184 g/mol. The molecule has 1 heterocycles. The van der Waals surface area contributed by atoms with Crippen LogP contribution in [0.3, 0.4) is 0 Å². The van der Waals surface area contributed by atoms with Gasteiger partial charge in [-0.15, -0.1) is 0 Å². The number of fused-ring (bicyclic) bond motifs is 2. The molecular formula is C14H12O. The summed E-state index contributed by atoms with van der Waals surface area (Å²) in [5.41, 5.74) is 3.90. The molecule has 0 aliphatic carbocycles. The third-order valence-corrected chi connectivity index (χ3v) is 2.93. The first kappa shape index (κ1) is 8.54. The summed E-state index contributed by atoms with van der Waals surface area (Å²) in [6.45, 7) is 2.14. The zero-order chi connectivity index (χ0) is 10.3. The van der Waals surface area contributed by atoms with E-state index in [4.69, 9.17) is 4.74 Å². The van der Waals surface area contributed by atoms with Gasteiger partial charge >= 0.3 is 0 Å². The summed E-state index contributed by atoms with van der Waals surface area (Å²) in [6, 6.07) is 14.5. The molecule has 0 radical (unpaired) electrons. The van der Waals surface area contributed by atoms with E-state index in [-0.39, 0.29) is 0 Å². The van der Waals surface area contributed by atoms with Crippen molar-refractivity contribution in [2.75, 3.05) is 0 Å². The zero-order valence-corrected chi connectivity index (χ0v) is 8.66. The van der Waals surface area contributed by atoms with E-state index in [1.54, 1.807) is 0 Å². The lowest BCUT2D eigenvalue weighted by Crippen LogP contribution is -2.04. The van der Waals surface area contributed by atoms with Gasteiger partial charge in [-0.05, 0) is 30.2 Å². The molecule has 0 saturated heterocycles. The van der Waals surface area contributed by atoms with Crippen molar-refractivity contribution in [1.29, 1.82) is 0 Å². The van der Waals surface area contributed by atoms with Crippen LogP contribution in [0.2, 0.25) is 0 Å². The molecule has 15 heavy (non-hydrogen) atoms. The lowest BCUT2D eigenvalue weighted by atomic mass is 9.97. The minimum Gasteiger partial charge on any atom is -0.457 e. The van der Waals surface area contributed by atoms with Crippen LogP contribution in [-0.4, -0.2) is 0 Å². The molecule has 0 N–H and O–H groups in total. The second-order valence-electron chi connectivity index (χ2n) is 3.94. The first-order chi connectivity index (χ1) is 7.34. The highest BCUT2D eigenvalue weighted by atomic mass is 16.5. The van der Waals surface area contributed by atoms with Gasteiger partial charge in [0.15, 0.2) is 0 Å². The van der Waals surface area contributed by atoms with Crippen LogP contribution in [0.5, 0.6) is 11.5 Å². The molecule has 0 fully saturated rings. The average Bonchev–Trinajstić information content (AvgIpc) is 2.27. The van der Waals surface area contributed by atoms with Crippen molar-refractivity contribution in [3.05, 3.63) is 59.2 Å². The van der Waals surface area contributed by atoms with E-state index in [0.717, 1.165) is 17.9 Å². The van der Waals surface area contributed by atoms with E-state index in [0.29, 0.717) is 0 Å². The summed E-state index contributed by atoms with van der Waals surface area (Å²) in [7, 11) is 0. The highest BCUT2D eigenvalue weighted by molar-refractivity contribution is 5.52. The maximum absolute atomic E-state index is 5.86. The first-order valence-corrected chi connectivity index (χ1v) is 5.19. The molecule has 0 aromatic heterocycles. The minimum atomic E-state index is 0.984. The Labute approximate surface area is 89.3 Å². The third kappa shape index (κ3) is 1.32. The average molecular weight is 196 g/mol. The van der Waals surface area contributed by atoms with Gasteiger partial charge in [0, 0.05) is 12.0 Å². The molecule has 1 aliphatic heterocycles. The number of aryl methyl sites for hydroxylation is 1. The Morgan fingerprint density at radius 3 is 2.67 bits per heavy atom. The van der Waals surface area contributed by atoms with Gasteiger partial charge in [-0.1, -0.05) is 30.3 Å². The number of para-hydroxylation sites is 1. The maximum Gasteiger partial charge on any atom is 0.131 e. The van der Waals surface area contributed by atoms with Crippen molar-refractivity contribution in [3.63, 3.8) is 0 Å². The van der Waals surface area contributed by atoms with Gasteiger partial charge in [0.2, 0.25) is 0 Å². The number of hydrogen-bond acceptors (Lipinski definition) is 1. The fourth-order valence-electron chi connectivity index (χ4n) is 2.06. The molecule has 1 aliphatic rings. The largest absolute Gasteiger partial charge is 0.457 e. The van der Waals surface area contributed by atoms with Crippen molar-refractivity contribution >= 4 is 0 Å². The lowest BCUT2D eigenvalue weighted by Gasteiger charge is -2.21. The van der Waals surface area contributed by atoms with E-state index in [1.165, 1.54) is 16.7 Å². The van der Waals surface area contributed by atoms with Crippen LogP contribution in [0.1, 0.15) is 16.7 Å². The van der Waals surface area contributed by atoms with Gasteiger partial charge in [0.1, 0.15) is 11.5 Å². The number of hydrogen-bond donors (Lipinski definition) is 0. The summed E-state index contributed by atoms with van der Waals surface area (Å²) in [6.07, 6.45) is 0.984. The first-order valence-electron chi connectivity index (χ1n) is 5.19. The predicted molar refractivity (Wildman–Crippen MR) is 60.5 cm³/mol. The van der Waals surface area contributed by atoms with Crippen molar-refractivity contribution < 1.29 is 4.74 Å². The predicted octanol–water partition coefficient (Wildman–Crippen LogP) is 3.69. The third-order valence-electron chi connectivity index (χ3n) is 2.93. The van der Waals surface area contributed by atoms with Crippen molar-refractivity contribution in [2.45, 2.75) is 13.3 Å². The minimum absolute atomic E-state index is 0.984. The second-order valence-corrected chi connectivity index (χ2v) is 3.94. The Hall–Kier alpha value is -1.76. The van der Waals surface area contributed by atoms with Gasteiger partial charge < -0.3 is 4.74 Å². The highest BCUT2D eigenvalue weighted by Gasteiger charge is 2.16. The lowest BCUT2D eigenvalue weighted by molar-refractivity contribution is 0.459. The summed E-state index contributed by atoms with van der Waals surface area (Å²) in [4.78, 5) is 0. The molecule has 0 atom stereocenters. The van der Waals surface area contributed by atoms with Crippen LogP contribution in [0, 0.1) is 6.92 Å². The summed E-state index contributed by atoms with van der Waals surface area (Å²) in [5, 5.41) is 0. The molecule has 74 valence electrons. The maximum atomic E-state index is 5.86. The van der Waals surface area contributed by atoms with Crippen LogP contribution < -0.4 is 4.74 Å². The number of rotatable bonds is 0. The van der Waals surface area contributed by atoms with E-state index in [9.17, 15) is 0 Å². The van der Waals surface area contributed by atoms with E-state index < -0.39 is 0 Å². The molecule has 1 heteroatoms. The van der Waals surface area contributed by atoms with E-state index in [2.05, 4.69) is 25.1 Å². The van der Waals surface area contributed by atoms with Crippen LogP contribution >= 0.6 is 0 Å². The van der Waals surface area contributed by atoms with Crippen molar-refractivity contribution in [1.82, 2.24) is 0 Å². The monoisotopic (exact) mass is 196 g/mol. The Bertz CT molecular complexity index is 514. The molecule has 0 bridgehead atoms. The molecule has 2 aromatic rings. The molecule has 0 saturated carbocycles. The van der Waals surface area contributed by atoms with E-state index >= 15 is 0 Å². The van der Waals surface area contributed by atoms with Crippen LogP contribution in [0.4, 0.5) is 0 Å². The van der Waals surface area contributed by atoms with Gasteiger partial charge in [0.05, 0.1) is 0 Å². The molecule has 1 nitrogen and oxygen atoms in total. The molecule has 0 unspecified atom stereocenters. The summed E-state index contributed by atoms with van der Waals surface area (Å²) < 4.78 is 5.86. The standard InChI is InChI=1S/C14H12O/c1-10-5-4-8-14-12(10)9-11-6-2-3-7-13(11)15-14/h2-8H,9H2,1H3. The van der Waals surface area contributed by atoms with Crippen LogP contribution in [0.25, 0.3) is 0 Å². The fourth-order valence-corrected chi connectivity index (χ4v) is 2.06. The topological polar surface area (TPSA) is 9.23 Å². The summed E-state index contributed by atoms with van der Waals surface area (Å²) in [5.74, 6) is 2.00. The number of benzene rings is 2. The zero-order valence-electron chi connectivity index (χ0n) is 8.66. The Kier molecular flexibility index (Phi) is 1.78. The van der Waals surface area contributed by atoms with Gasteiger partial charge in [0.25, 0.3) is 0 Å². The normalized spacial score (nSPS) is 12.6. The van der Waals surface area contributed by atoms with Crippen molar-refractivity contribution in [3.8, 4) is 11.5 Å². The molecule has 2 aromatic carbocycles. The smallest absolute Gasteiger partial charge is 0.131 e. The van der Waals surface area contributed by atoms with E-state index in [1.807, 2.05) is 24.3 Å². The fraction of sp³-hybridized carbons (Fsp3) is 0.143. The Morgan fingerprint density at radius 2 is 1.73 bits per heavy atom. The van der Waals surface area contributed by atoms with Gasteiger partial charge in [-0.2, -0.15) is 0 Å². The second kappa shape index (κ2) is 3.13. The SMILES string of the molecule is Cc1cccc2c1Cc1ccccc1O2. The highest BCUT2D eigenvalue weighted by Crippen LogP contribution is 2.37. The molecule has 0 amide bonds. The Morgan fingerprint density at radius 1 is 0.933 bits per heavy atom. The quantitative estimate of drug-likeness (QED) is 0.532. The van der Waals surface area contributed by atoms with Crippen LogP contribution in [0.15, 0.2) is 42.5 Å². The Balaban J connectivity index is 2.15. The van der Waals surface area contributed by atoms with Crippen LogP contribution in [-0.2, 0) is 6.42 Å². The van der Waals surface area contributed by atoms with Gasteiger partial charge in [-0.25, -0.2) is 0 Å². The van der Waals surface area contributed by atoms with Gasteiger partial charge in [-0.3, -0.25) is 0 Å². The molecule has 3 rings (SSSR count). The molecule has 0 spiro atoms. The van der Waals surface area contributed by atoms with Crippen molar-refractivity contribution in [2.24, 2.45) is 0 Å². The number of ether oxygens (including phenoxy) is 1.